The minimum Gasteiger partial charge on any atom is -0.790 e. The van der Waals surface area contributed by atoms with Crippen LogP contribution in [-0.2, 0) is 28.2 Å². The number of phosphoric ester groups is 1. The van der Waals surface area contributed by atoms with Gasteiger partial charge in [0.05, 0.1) is 14.4 Å². The SMILES string of the molecule is C#CC#CC#CC#CC#CC#CC#CC(=O)OC[C@@H](COP(=O)([O-])[O-])OC(=O)CCCCCCCCCCCCCCC.[Na+].[Na+]. The third-order valence-electron chi connectivity index (χ3n) is 5.46. The Labute approximate surface area is 313 Å². The Morgan fingerprint density at radius 2 is 1.09 bits per heavy atom. The predicted molar refractivity (Wildman–Crippen MR) is 160 cm³/mol. The van der Waals surface area contributed by atoms with E-state index in [4.69, 9.17) is 15.9 Å². The maximum atomic E-state index is 12.2. The number of carbonyl (C=O) groups is 2. The quantitative estimate of drug-likeness (QED) is 0.0352. The standard InChI is InChI=1S/C34H39O8P.2Na/c1-3-5-7-9-11-13-15-17-19-21-23-25-27-29-34(36)42-32(31-41-43(37,38)39)30-40-33(35)28-26-24-22-20-18-16-14-12-10-8-6-4-2;;/h2,32H,3,5,7,9,11,13,15,17,19,21,23,25,27,29-31H2,1H3,(H2,37,38,39);;/q;2*+1/p-2/t32-;;/m0../s1. The van der Waals surface area contributed by atoms with Crippen LogP contribution in [0.5, 0.6) is 0 Å². The Bertz CT molecular complexity index is 1330. The second-order valence-corrected chi connectivity index (χ2v) is 10.2. The van der Waals surface area contributed by atoms with Gasteiger partial charge in [0, 0.05) is 12.3 Å². The molecule has 0 heterocycles. The number of esters is 2. The van der Waals surface area contributed by atoms with Crippen LogP contribution in [0.25, 0.3) is 0 Å². The molecule has 0 amide bonds. The van der Waals surface area contributed by atoms with E-state index in [0.717, 1.165) is 19.3 Å². The maximum absolute atomic E-state index is 12.2. The smallest absolute Gasteiger partial charge is 0.790 e. The van der Waals surface area contributed by atoms with Crippen molar-refractivity contribution in [3.63, 3.8) is 0 Å². The molecule has 0 aliphatic rings. The molecule has 0 N–H and O–H groups in total. The van der Waals surface area contributed by atoms with E-state index in [1.165, 1.54) is 57.8 Å². The number of terminal acetylenes is 1. The molecule has 0 aromatic heterocycles. The molecule has 0 radical (unpaired) electrons. The fourth-order valence-electron chi connectivity index (χ4n) is 3.43. The molecule has 0 bridgehead atoms. The van der Waals surface area contributed by atoms with E-state index in [0.29, 0.717) is 6.42 Å². The maximum Gasteiger partial charge on any atom is 1.00 e. The minimum atomic E-state index is -5.32. The summed E-state index contributed by atoms with van der Waals surface area (Å²) in [5.41, 5.74) is 0. The zero-order valence-corrected chi connectivity index (χ0v) is 31.6. The number of ether oxygens (including phenoxy) is 2. The van der Waals surface area contributed by atoms with Crippen molar-refractivity contribution < 1.29 is 97.1 Å². The monoisotopic (exact) mass is 650 g/mol. The first-order valence-electron chi connectivity index (χ1n) is 14.3. The number of rotatable bonds is 20. The summed E-state index contributed by atoms with van der Waals surface area (Å²) in [6, 6.07) is 0. The molecule has 45 heavy (non-hydrogen) atoms. The molecular formula is C34H37Na2O8P. The minimum absolute atomic E-state index is 0. The summed E-state index contributed by atoms with van der Waals surface area (Å²) >= 11 is 0. The second-order valence-electron chi connectivity index (χ2n) is 9.09. The second kappa shape index (κ2) is 34.8. The molecule has 0 spiro atoms. The van der Waals surface area contributed by atoms with Crippen molar-refractivity contribution in [1.29, 1.82) is 0 Å². The van der Waals surface area contributed by atoms with Crippen LogP contribution in [0.3, 0.4) is 0 Å². The van der Waals surface area contributed by atoms with Crippen LogP contribution in [-0.4, -0.2) is 31.3 Å². The van der Waals surface area contributed by atoms with E-state index in [9.17, 15) is 23.9 Å². The summed E-state index contributed by atoms with van der Waals surface area (Å²) in [4.78, 5) is 45.7. The van der Waals surface area contributed by atoms with Crippen molar-refractivity contribution in [2.75, 3.05) is 13.2 Å². The van der Waals surface area contributed by atoms with Crippen LogP contribution in [0.2, 0.25) is 0 Å². The van der Waals surface area contributed by atoms with Gasteiger partial charge in [0.15, 0.2) is 6.10 Å². The van der Waals surface area contributed by atoms with Gasteiger partial charge >= 0.3 is 71.1 Å². The molecule has 0 unspecified atom stereocenters. The molecule has 0 aliphatic carbocycles. The molecule has 228 valence electrons. The van der Waals surface area contributed by atoms with Crippen molar-refractivity contribution in [3.05, 3.63) is 0 Å². The summed E-state index contributed by atoms with van der Waals surface area (Å²) in [7, 11) is -5.32. The van der Waals surface area contributed by atoms with E-state index >= 15 is 0 Å². The Morgan fingerprint density at radius 1 is 0.667 bits per heavy atom. The largest absolute Gasteiger partial charge is 1.00 e. The van der Waals surface area contributed by atoms with Crippen LogP contribution >= 0.6 is 7.82 Å². The van der Waals surface area contributed by atoms with Crippen molar-refractivity contribution in [3.8, 4) is 83.4 Å². The molecule has 0 aliphatic heterocycles. The van der Waals surface area contributed by atoms with Crippen molar-refractivity contribution >= 4 is 19.8 Å². The first-order chi connectivity index (χ1) is 20.8. The van der Waals surface area contributed by atoms with Gasteiger partial charge in [-0.05, 0) is 77.5 Å². The predicted octanol–water partition coefficient (Wildman–Crippen LogP) is -2.57. The molecular weight excluding hydrogens is 613 g/mol. The van der Waals surface area contributed by atoms with E-state index in [2.05, 4.69) is 88.4 Å². The molecule has 0 rings (SSSR count). The average molecular weight is 651 g/mol. The number of hydrogen-bond acceptors (Lipinski definition) is 8. The van der Waals surface area contributed by atoms with Gasteiger partial charge in [-0.3, -0.25) is 4.79 Å². The third-order valence-corrected chi connectivity index (χ3v) is 5.93. The normalized spacial score (nSPS) is 9.47. The van der Waals surface area contributed by atoms with Crippen LogP contribution in [0.4, 0.5) is 0 Å². The van der Waals surface area contributed by atoms with Crippen LogP contribution in [0.15, 0.2) is 0 Å². The first-order valence-corrected chi connectivity index (χ1v) is 15.7. The van der Waals surface area contributed by atoms with Gasteiger partial charge in [-0.25, -0.2) is 4.79 Å². The Morgan fingerprint density at radius 3 is 1.53 bits per heavy atom. The number of phosphoric acid groups is 1. The van der Waals surface area contributed by atoms with Crippen LogP contribution in [0.1, 0.15) is 96.8 Å². The van der Waals surface area contributed by atoms with E-state index in [1.807, 2.05) is 0 Å². The van der Waals surface area contributed by atoms with E-state index in [1.54, 1.807) is 0 Å². The molecule has 11 heteroatoms. The van der Waals surface area contributed by atoms with Gasteiger partial charge in [-0.1, -0.05) is 84.0 Å². The van der Waals surface area contributed by atoms with Gasteiger partial charge in [-0.2, -0.15) is 0 Å². The molecule has 0 aromatic rings. The number of hydrogen-bond donors (Lipinski definition) is 0. The molecule has 1 atom stereocenters. The van der Waals surface area contributed by atoms with Crippen LogP contribution < -0.4 is 68.9 Å². The zero-order valence-electron chi connectivity index (χ0n) is 26.7. The fourth-order valence-corrected chi connectivity index (χ4v) is 3.78. The molecule has 0 fully saturated rings. The summed E-state index contributed by atoms with van der Waals surface area (Å²) in [6.45, 7) is 0.871. The number of carbonyl (C=O) groups excluding carboxylic acids is 2. The molecule has 0 aromatic carbocycles. The Hall–Kier alpha value is -2.03. The van der Waals surface area contributed by atoms with Crippen molar-refractivity contribution in [2.24, 2.45) is 0 Å². The topological polar surface area (TPSA) is 125 Å². The third kappa shape index (κ3) is 38.1. The first kappa shape index (κ1) is 47.4. The molecule has 8 nitrogen and oxygen atoms in total. The fraction of sp³-hybridized carbons (Fsp3) is 0.529. The van der Waals surface area contributed by atoms with Gasteiger partial charge in [0.25, 0.3) is 0 Å². The number of unbranched alkanes of at least 4 members (excludes halogenated alkanes) is 12. The summed E-state index contributed by atoms with van der Waals surface area (Å²) in [5.74, 6) is 28.4. The Kier molecular flexibility index (Phi) is 36.7. The average Bonchev–Trinajstić information content (AvgIpc) is 2.97. The van der Waals surface area contributed by atoms with Gasteiger partial charge in [0.2, 0.25) is 0 Å². The van der Waals surface area contributed by atoms with Crippen LogP contribution in [0, 0.1) is 83.4 Å². The summed E-state index contributed by atoms with van der Waals surface area (Å²) in [6.07, 6.45) is 18.8. The zero-order chi connectivity index (χ0) is 31.9. The summed E-state index contributed by atoms with van der Waals surface area (Å²) < 4.78 is 25.0. The van der Waals surface area contributed by atoms with Gasteiger partial charge < -0.3 is 28.3 Å². The van der Waals surface area contributed by atoms with E-state index < -0.39 is 39.1 Å². The van der Waals surface area contributed by atoms with Crippen molar-refractivity contribution in [2.45, 2.75) is 103 Å². The van der Waals surface area contributed by atoms with Gasteiger partial charge in [0.1, 0.15) is 6.61 Å². The van der Waals surface area contributed by atoms with Gasteiger partial charge in [-0.15, -0.1) is 6.42 Å². The Balaban J connectivity index is -0.00000882. The van der Waals surface area contributed by atoms with Crippen molar-refractivity contribution in [1.82, 2.24) is 0 Å². The molecule has 0 saturated carbocycles. The summed E-state index contributed by atoms with van der Waals surface area (Å²) in [5, 5.41) is 0. The molecule has 0 saturated heterocycles. The van der Waals surface area contributed by atoms with E-state index in [-0.39, 0.29) is 65.5 Å².